The first-order valence-corrected chi connectivity index (χ1v) is 30.0. The number of anilines is 4. The summed E-state index contributed by atoms with van der Waals surface area (Å²) in [5, 5.41) is 13.2. The van der Waals surface area contributed by atoms with Gasteiger partial charge in [-0.3, -0.25) is 19.2 Å². The second-order valence-electron chi connectivity index (χ2n) is 26.8. The molecule has 4 fully saturated rings. The predicted molar refractivity (Wildman–Crippen MR) is 347 cm³/mol. The van der Waals surface area contributed by atoms with E-state index in [1.807, 2.05) is 121 Å². The van der Waals surface area contributed by atoms with Gasteiger partial charge in [-0.2, -0.15) is 0 Å². The van der Waals surface area contributed by atoms with Gasteiger partial charge in [0, 0.05) is 45.9 Å². The Morgan fingerprint density at radius 1 is 0.360 bits per heavy atom. The van der Waals surface area contributed by atoms with E-state index in [-0.39, 0.29) is 85.7 Å². The zero-order chi connectivity index (χ0) is 61.9. The van der Waals surface area contributed by atoms with Crippen LogP contribution in [0.25, 0.3) is 90.9 Å². The maximum Gasteiger partial charge on any atom is 2.00 e. The summed E-state index contributed by atoms with van der Waals surface area (Å²) in [5.41, 5.74) is 9.13. The van der Waals surface area contributed by atoms with Crippen molar-refractivity contribution in [3.8, 4) is 67.5 Å². The molecule has 16 nitrogen and oxygen atoms in total. The summed E-state index contributed by atoms with van der Waals surface area (Å²) in [6, 6.07) is 29.9. The van der Waals surface area contributed by atoms with E-state index in [2.05, 4.69) is 76.7 Å². The van der Waals surface area contributed by atoms with Crippen LogP contribution in [0, 0.1) is 45.3 Å². The molecule has 4 aliphatic carbocycles. The second-order valence-corrected chi connectivity index (χ2v) is 26.8. The molecule has 5 heterocycles. The number of benzene rings is 4. The molecule has 3 aromatic heterocycles. The minimum absolute atomic E-state index is 0. The van der Waals surface area contributed by atoms with Gasteiger partial charge in [0.05, 0.1) is 85.1 Å². The average molecular weight is 1240 g/mol. The average Bonchev–Trinajstić information content (AvgIpc) is 1.88. The maximum absolute atomic E-state index is 14.4. The molecule has 4 saturated carbocycles. The Morgan fingerprint density at radius 2 is 0.573 bits per heavy atom. The van der Waals surface area contributed by atoms with Gasteiger partial charge in [0.1, 0.15) is 23.0 Å². The molecule has 0 saturated heterocycles. The molecule has 17 heteroatoms. The topological polar surface area (TPSA) is 207 Å². The van der Waals surface area contributed by atoms with Crippen LogP contribution in [0.4, 0.5) is 22.7 Å². The summed E-state index contributed by atoms with van der Waals surface area (Å²) in [4.78, 5) is 80.0. The molecular weight excluding hydrogens is 1160 g/mol. The quantitative estimate of drug-likeness (QED) is 0.0713. The Bertz CT molecular complexity index is 3950. The molecule has 457 valence electrons. The smallest absolute Gasteiger partial charge is 0.657 e. The van der Waals surface area contributed by atoms with Crippen molar-refractivity contribution in [2.45, 2.75) is 81.1 Å². The molecule has 4 atom stereocenters. The van der Waals surface area contributed by atoms with Gasteiger partial charge in [-0.1, -0.05) is 104 Å². The fourth-order valence-corrected chi connectivity index (χ4v) is 12.9. The Balaban J connectivity index is 0.00000769. The molecule has 4 amide bonds. The van der Waals surface area contributed by atoms with Gasteiger partial charge in [-0.25, -0.2) is 9.97 Å². The molecule has 6 aliphatic rings. The van der Waals surface area contributed by atoms with Crippen molar-refractivity contribution in [3.05, 3.63) is 120 Å². The van der Waals surface area contributed by atoms with Crippen LogP contribution in [0.5, 0.6) is 23.0 Å². The minimum atomic E-state index is -0.231. The van der Waals surface area contributed by atoms with Crippen LogP contribution in [0.1, 0.15) is 104 Å². The monoisotopic (exact) mass is 1240 g/mol. The number of methoxy groups -OCH3 is 4. The van der Waals surface area contributed by atoms with Gasteiger partial charge < -0.3 is 50.2 Å². The third-order valence-corrected chi connectivity index (χ3v) is 18.9. The van der Waals surface area contributed by atoms with Crippen LogP contribution in [0.3, 0.4) is 0 Å². The number of rotatable bonds is 16. The van der Waals surface area contributed by atoms with E-state index < -0.39 is 0 Å². The van der Waals surface area contributed by atoms with Crippen molar-refractivity contribution in [1.29, 1.82) is 0 Å². The summed E-state index contributed by atoms with van der Waals surface area (Å²) in [7, 11) is 6.40. The molecule has 1 radical (unpaired) electrons. The van der Waals surface area contributed by atoms with E-state index in [0.717, 1.165) is 25.7 Å². The van der Waals surface area contributed by atoms with Gasteiger partial charge >= 0.3 is 16.8 Å². The zero-order valence-corrected chi connectivity index (χ0v) is 53.1. The van der Waals surface area contributed by atoms with Crippen LogP contribution in [-0.4, -0.2) is 62.0 Å². The second kappa shape index (κ2) is 22.3. The summed E-state index contributed by atoms with van der Waals surface area (Å²) >= 11 is 0. The van der Waals surface area contributed by atoms with Crippen LogP contribution in [-0.2, 0) is 36.0 Å². The Kier molecular flexibility index (Phi) is 15.1. The zero-order valence-electron chi connectivity index (χ0n) is 52.1. The number of aromatic nitrogens is 4. The van der Waals surface area contributed by atoms with Crippen molar-refractivity contribution in [2.75, 3.05) is 49.7 Å². The standard InChI is InChI=1S/C72H74N8O8.Co/c1-69(2)33-37(69)65(81)77-41-17-13-18-42(78-66(82)38-34-70(38,3)4)57(41)59-45-25-29-49(73-45)61(63-53(85-9)21-15-22-54(63)86-10)51-31-27-47(75-51)60(48-28-32-52(76-48)62(50-30-26-46(59)74-50)64-55(87-11)23-16-24-56(64)88-12)58-43(79-67(83)39-35-71(39,5)6)19-14-20-44(58)80-68(84)40-36-72(40,7)8;/h13-32,37-40H,33-36H2,1-12H3,(H6,73,74,75,76,77,78,79,80,81,82,83,84);/q;+2/p-2. The van der Waals surface area contributed by atoms with Crippen LogP contribution in [0.2, 0.25) is 0 Å². The number of ether oxygens (including phenoxy) is 4. The number of carbonyl (C=O) groups is 4. The molecule has 4 aromatic carbocycles. The van der Waals surface area contributed by atoms with E-state index in [1.54, 1.807) is 28.4 Å². The molecule has 13 rings (SSSR count). The van der Waals surface area contributed by atoms with Crippen LogP contribution in [0.15, 0.2) is 97.1 Å². The summed E-state index contributed by atoms with van der Waals surface area (Å²) in [5.74, 6) is 0.471. The molecule has 4 N–H and O–H groups in total. The molecule has 0 spiro atoms. The number of carbonyl (C=O) groups excluding carboxylic acids is 4. The van der Waals surface area contributed by atoms with Gasteiger partial charge in [-0.15, -0.1) is 22.1 Å². The number of hydrogen-bond acceptors (Lipinski definition) is 10. The number of nitrogens with one attached hydrogen (secondary N) is 4. The normalized spacial score (nSPS) is 19.6. The van der Waals surface area contributed by atoms with E-state index in [9.17, 15) is 19.2 Å². The molecule has 4 unspecified atom stereocenters. The summed E-state index contributed by atoms with van der Waals surface area (Å²) in [6.45, 7) is 16.7. The molecule has 89 heavy (non-hydrogen) atoms. The Labute approximate surface area is 528 Å². The first-order valence-electron chi connectivity index (χ1n) is 30.0. The first-order chi connectivity index (χ1) is 42.0. The van der Waals surface area contributed by atoms with E-state index in [0.29, 0.717) is 135 Å². The number of nitrogens with zero attached hydrogens (tertiary/aromatic N) is 4. The van der Waals surface area contributed by atoms with Crippen molar-refractivity contribution >= 4 is 92.7 Å². The van der Waals surface area contributed by atoms with Gasteiger partial charge in [0.15, 0.2) is 0 Å². The fourth-order valence-electron chi connectivity index (χ4n) is 12.9. The van der Waals surface area contributed by atoms with Gasteiger partial charge in [0.25, 0.3) is 0 Å². The van der Waals surface area contributed by atoms with E-state index in [4.69, 9.17) is 38.9 Å². The van der Waals surface area contributed by atoms with E-state index in [1.165, 1.54) is 0 Å². The van der Waals surface area contributed by atoms with Gasteiger partial charge in [-0.05, 0) is 131 Å². The Hall–Kier alpha value is -8.93. The summed E-state index contributed by atoms with van der Waals surface area (Å²) < 4.78 is 24.7. The number of amides is 4. The maximum atomic E-state index is 14.4. The fraction of sp³-hybridized carbons (Fsp3) is 0.333. The van der Waals surface area contributed by atoms with Crippen molar-refractivity contribution in [2.24, 2.45) is 45.3 Å². The third-order valence-electron chi connectivity index (χ3n) is 18.9. The summed E-state index contributed by atoms with van der Waals surface area (Å²) in [6.07, 6.45) is 10.5. The van der Waals surface area contributed by atoms with Crippen LogP contribution < -0.4 is 50.2 Å². The molecule has 2 aliphatic heterocycles. The van der Waals surface area contributed by atoms with E-state index >= 15 is 0 Å². The van der Waals surface area contributed by atoms with Gasteiger partial charge in [0.2, 0.25) is 23.6 Å². The molecule has 8 bridgehead atoms. The van der Waals surface area contributed by atoms with Crippen LogP contribution >= 0.6 is 0 Å². The molecular formula is C72H72CoN8O8. The molecule has 7 aromatic rings. The first kappa shape index (κ1) is 60.4. The number of fused-ring (bicyclic) bond motifs is 8. The third kappa shape index (κ3) is 11.0. The largest absolute Gasteiger partial charge is 2.00 e. The van der Waals surface area contributed by atoms with Crippen molar-refractivity contribution in [1.82, 2.24) is 19.9 Å². The van der Waals surface area contributed by atoms with Crippen molar-refractivity contribution < 1.29 is 54.9 Å². The van der Waals surface area contributed by atoms with Crippen molar-refractivity contribution in [3.63, 3.8) is 0 Å². The SMILES string of the molecule is COc1cccc(OC)c1-c1c2nc(c(-c3c(NC(=O)C4CC4(C)C)cccc3NC(=O)C3CC3(C)C)c3ccc([n-]3)c(-c3c(OC)cccc3OC)c3nc(c(-c4c(NC(=O)C5CC5(C)C)cccc4NC(=O)C4CC4(C)C)c4ccc1[n-]4)C=C3)C=C2.[Co+2]. The minimum Gasteiger partial charge on any atom is -0.657 e. The predicted octanol–water partition coefficient (Wildman–Crippen LogP) is 14.6. The number of hydrogen-bond donors (Lipinski definition) is 4. The Morgan fingerprint density at radius 3 is 0.787 bits per heavy atom.